The predicted octanol–water partition coefficient (Wildman–Crippen LogP) is 0.923. The van der Waals surface area contributed by atoms with E-state index in [1.54, 1.807) is 4.90 Å². The summed E-state index contributed by atoms with van der Waals surface area (Å²) in [7, 11) is 1.20. The van der Waals surface area contributed by atoms with Crippen LogP contribution in [0.2, 0.25) is 0 Å². The van der Waals surface area contributed by atoms with Crippen LogP contribution in [-0.4, -0.2) is 79.0 Å². The highest BCUT2D eigenvalue weighted by Crippen LogP contribution is 2.23. The zero-order valence-electron chi connectivity index (χ0n) is 15.1. The Bertz CT molecular complexity index is 723. The first-order chi connectivity index (χ1) is 12.5. The maximum absolute atomic E-state index is 12.8. The number of nitro benzene ring substituents is 1. The maximum atomic E-state index is 12.8. The molecule has 0 bridgehead atoms. The van der Waals surface area contributed by atoms with Crippen LogP contribution in [0.15, 0.2) is 18.2 Å². The van der Waals surface area contributed by atoms with E-state index in [2.05, 4.69) is 15.0 Å². The Labute approximate surface area is 163 Å². The maximum Gasteiger partial charge on any atom is 0.338 e. The Balaban J connectivity index is 0.00000261. The smallest absolute Gasteiger partial charge is 0.338 e. The number of hydrogen-bond donors (Lipinski definition) is 1. The number of esters is 1. The molecule has 0 aromatic heterocycles. The number of rotatable bonds is 4. The van der Waals surface area contributed by atoms with Gasteiger partial charge in [-0.15, -0.1) is 12.4 Å². The molecule has 1 amide bonds. The zero-order chi connectivity index (χ0) is 18.7. The van der Waals surface area contributed by atoms with Gasteiger partial charge in [0.05, 0.1) is 17.6 Å². The highest BCUT2D eigenvalue weighted by atomic mass is 35.5. The lowest BCUT2D eigenvalue weighted by Gasteiger charge is -2.32. The number of halogens is 1. The number of carbonyl (C=O) groups is 2. The van der Waals surface area contributed by atoms with Gasteiger partial charge in [-0.25, -0.2) is 4.79 Å². The SMILES string of the molecule is COC(=O)c1cc(C(=O)N2CCC(N3CCNCC3)C2)cc([N+](=O)[O-])c1.Cl. The molecule has 2 aliphatic rings. The van der Waals surface area contributed by atoms with Crippen LogP contribution in [-0.2, 0) is 4.74 Å². The quantitative estimate of drug-likeness (QED) is 0.456. The van der Waals surface area contributed by atoms with Gasteiger partial charge < -0.3 is 15.0 Å². The third-order valence-electron chi connectivity index (χ3n) is 4.92. The lowest BCUT2D eigenvalue weighted by atomic mass is 10.1. The molecule has 0 saturated carbocycles. The van der Waals surface area contributed by atoms with E-state index in [9.17, 15) is 19.7 Å². The van der Waals surface area contributed by atoms with E-state index in [-0.39, 0.29) is 35.1 Å². The molecule has 2 aliphatic heterocycles. The number of methoxy groups -OCH3 is 1. The Morgan fingerprint density at radius 2 is 1.85 bits per heavy atom. The first-order valence-electron chi connectivity index (χ1n) is 8.61. The molecule has 3 rings (SSSR count). The number of piperazine rings is 1. The summed E-state index contributed by atoms with van der Waals surface area (Å²) < 4.78 is 4.63. The zero-order valence-corrected chi connectivity index (χ0v) is 15.9. The van der Waals surface area contributed by atoms with Gasteiger partial charge in [0.25, 0.3) is 11.6 Å². The second-order valence-corrected chi connectivity index (χ2v) is 6.50. The van der Waals surface area contributed by atoms with Gasteiger partial charge in [0, 0.05) is 63.0 Å². The van der Waals surface area contributed by atoms with Gasteiger partial charge in [0.15, 0.2) is 0 Å². The molecule has 1 unspecified atom stereocenters. The van der Waals surface area contributed by atoms with Crippen molar-refractivity contribution >= 4 is 30.0 Å². The second-order valence-electron chi connectivity index (χ2n) is 6.50. The Morgan fingerprint density at radius 3 is 2.48 bits per heavy atom. The fraction of sp³-hybridized carbons (Fsp3) is 0.529. The number of amides is 1. The molecule has 2 fully saturated rings. The van der Waals surface area contributed by atoms with Gasteiger partial charge >= 0.3 is 5.97 Å². The molecular formula is C17H23ClN4O5. The molecule has 27 heavy (non-hydrogen) atoms. The van der Waals surface area contributed by atoms with E-state index in [1.807, 2.05) is 0 Å². The Morgan fingerprint density at radius 1 is 1.19 bits per heavy atom. The highest BCUT2D eigenvalue weighted by molar-refractivity contribution is 5.99. The third kappa shape index (κ3) is 4.74. The van der Waals surface area contributed by atoms with Crippen molar-refractivity contribution < 1.29 is 19.2 Å². The molecule has 0 aliphatic carbocycles. The number of likely N-dealkylation sites (tertiary alicyclic amines) is 1. The van der Waals surface area contributed by atoms with Gasteiger partial charge in [-0.05, 0) is 12.5 Å². The van der Waals surface area contributed by atoms with E-state index in [1.165, 1.54) is 19.2 Å². The van der Waals surface area contributed by atoms with E-state index in [4.69, 9.17) is 0 Å². The van der Waals surface area contributed by atoms with Crippen molar-refractivity contribution in [2.24, 2.45) is 0 Å². The number of non-ortho nitro benzene ring substituents is 1. The molecule has 10 heteroatoms. The van der Waals surface area contributed by atoms with Crippen molar-refractivity contribution in [3.8, 4) is 0 Å². The van der Waals surface area contributed by atoms with E-state index < -0.39 is 10.9 Å². The molecule has 9 nitrogen and oxygen atoms in total. The van der Waals surface area contributed by atoms with Gasteiger partial charge in [-0.2, -0.15) is 0 Å². The monoisotopic (exact) mass is 398 g/mol. The summed E-state index contributed by atoms with van der Waals surface area (Å²) in [6.07, 6.45) is 0.879. The van der Waals surface area contributed by atoms with Crippen LogP contribution in [0.4, 0.5) is 5.69 Å². The fourth-order valence-electron chi connectivity index (χ4n) is 3.53. The lowest BCUT2D eigenvalue weighted by Crippen LogP contribution is -2.49. The topological polar surface area (TPSA) is 105 Å². The average molecular weight is 399 g/mol. The van der Waals surface area contributed by atoms with E-state index in [0.717, 1.165) is 38.7 Å². The van der Waals surface area contributed by atoms with Crippen LogP contribution >= 0.6 is 12.4 Å². The normalized spacial score (nSPS) is 20.0. The minimum absolute atomic E-state index is 0. The molecule has 1 aromatic rings. The van der Waals surface area contributed by atoms with Crippen molar-refractivity contribution in [3.05, 3.63) is 39.4 Å². The standard InChI is InChI=1S/C17H22N4O5.ClH/c1-26-17(23)13-8-12(9-15(10-13)21(24)25)16(22)20-5-2-14(11-20)19-6-3-18-4-7-19;/h8-10,14,18H,2-7,11H2,1H3;1H. The summed E-state index contributed by atoms with van der Waals surface area (Å²) >= 11 is 0. The van der Waals surface area contributed by atoms with Crippen molar-refractivity contribution in [2.45, 2.75) is 12.5 Å². The third-order valence-corrected chi connectivity index (χ3v) is 4.92. The van der Waals surface area contributed by atoms with Crippen LogP contribution in [0.3, 0.4) is 0 Å². The molecular weight excluding hydrogens is 376 g/mol. The summed E-state index contributed by atoms with van der Waals surface area (Å²) in [5.74, 6) is -1.00. The number of nitrogens with zero attached hydrogens (tertiary/aromatic N) is 3. The van der Waals surface area contributed by atoms with Crippen molar-refractivity contribution in [3.63, 3.8) is 0 Å². The van der Waals surface area contributed by atoms with Crippen LogP contribution in [0.25, 0.3) is 0 Å². The number of hydrogen-bond acceptors (Lipinski definition) is 7. The first kappa shape index (κ1) is 21.1. The van der Waals surface area contributed by atoms with Crippen LogP contribution in [0.5, 0.6) is 0 Å². The van der Waals surface area contributed by atoms with Crippen molar-refractivity contribution in [2.75, 3.05) is 46.4 Å². The predicted molar refractivity (Wildman–Crippen MR) is 100 cm³/mol. The number of benzene rings is 1. The second kappa shape index (κ2) is 9.12. The summed E-state index contributed by atoms with van der Waals surface area (Å²) in [6, 6.07) is 4.00. The summed E-state index contributed by atoms with van der Waals surface area (Å²) in [5, 5.41) is 14.4. The van der Waals surface area contributed by atoms with Crippen LogP contribution in [0, 0.1) is 10.1 Å². The van der Waals surface area contributed by atoms with E-state index >= 15 is 0 Å². The highest BCUT2D eigenvalue weighted by Gasteiger charge is 2.32. The van der Waals surface area contributed by atoms with Crippen LogP contribution < -0.4 is 5.32 Å². The largest absolute Gasteiger partial charge is 0.465 e. The summed E-state index contributed by atoms with van der Waals surface area (Å²) in [5.41, 5.74) is -0.155. The van der Waals surface area contributed by atoms with Crippen LogP contribution in [0.1, 0.15) is 27.1 Å². The molecule has 148 valence electrons. The molecule has 0 radical (unpaired) electrons. The van der Waals surface area contributed by atoms with E-state index in [0.29, 0.717) is 19.1 Å². The van der Waals surface area contributed by atoms with Gasteiger partial charge in [0.2, 0.25) is 0 Å². The number of nitro groups is 1. The fourth-order valence-corrected chi connectivity index (χ4v) is 3.53. The minimum atomic E-state index is -0.706. The molecule has 1 N–H and O–H groups in total. The average Bonchev–Trinajstić information content (AvgIpc) is 3.17. The Hall–Kier alpha value is -2.23. The van der Waals surface area contributed by atoms with Crippen molar-refractivity contribution in [1.29, 1.82) is 0 Å². The Kier molecular flexibility index (Phi) is 7.11. The summed E-state index contributed by atoms with van der Waals surface area (Å²) in [6.45, 7) is 4.99. The molecule has 1 atom stereocenters. The minimum Gasteiger partial charge on any atom is -0.465 e. The van der Waals surface area contributed by atoms with Gasteiger partial charge in [0.1, 0.15) is 0 Å². The first-order valence-corrected chi connectivity index (χ1v) is 8.61. The molecule has 1 aromatic carbocycles. The van der Waals surface area contributed by atoms with Gasteiger partial charge in [-0.1, -0.05) is 0 Å². The number of ether oxygens (including phenoxy) is 1. The van der Waals surface area contributed by atoms with Gasteiger partial charge in [-0.3, -0.25) is 19.8 Å². The number of carbonyl (C=O) groups excluding carboxylic acids is 2. The molecule has 2 saturated heterocycles. The lowest BCUT2D eigenvalue weighted by molar-refractivity contribution is -0.384. The molecule has 2 heterocycles. The summed E-state index contributed by atoms with van der Waals surface area (Å²) in [4.78, 5) is 39.2. The number of nitrogens with one attached hydrogen (secondary N) is 1. The molecule has 0 spiro atoms. The van der Waals surface area contributed by atoms with Crippen molar-refractivity contribution in [1.82, 2.24) is 15.1 Å².